The van der Waals surface area contributed by atoms with E-state index in [1.165, 1.54) is 12.1 Å². The fourth-order valence-electron chi connectivity index (χ4n) is 2.65. The van der Waals surface area contributed by atoms with Gasteiger partial charge in [-0.25, -0.2) is 0 Å². The standard InChI is InChI=1S/C14H14ClF3/c1-8(2)11-12(13(11,3)15)9-4-6-10(7-5-9)14(16,17)18/h4-7,11-12H,1H2,2-3H3. The number of allylic oxidation sites excluding steroid dienone is 1. The third-order valence-corrected chi connectivity index (χ3v) is 4.04. The van der Waals surface area contributed by atoms with Crippen molar-refractivity contribution in [3.8, 4) is 0 Å². The Morgan fingerprint density at radius 3 is 2.11 bits per heavy atom. The SMILES string of the molecule is C=C(C)C1C(c2ccc(C(F)(F)F)cc2)C1(C)Cl. The summed E-state index contributed by atoms with van der Waals surface area (Å²) in [5.74, 6) is 0.190. The zero-order valence-corrected chi connectivity index (χ0v) is 10.9. The minimum absolute atomic E-state index is 0.0546. The number of hydrogen-bond donors (Lipinski definition) is 0. The highest BCUT2D eigenvalue weighted by Gasteiger charge is 2.61. The molecule has 1 aromatic rings. The Morgan fingerprint density at radius 2 is 1.78 bits per heavy atom. The van der Waals surface area contributed by atoms with Crippen LogP contribution in [0.5, 0.6) is 0 Å². The molecule has 0 saturated heterocycles. The molecule has 1 fully saturated rings. The third kappa shape index (κ3) is 2.16. The van der Waals surface area contributed by atoms with Gasteiger partial charge in [-0.3, -0.25) is 0 Å². The van der Waals surface area contributed by atoms with Gasteiger partial charge in [-0.1, -0.05) is 24.3 Å². The molecule has 2 rings (SSSR count). The lowest BCUT2D eigenvalue weighted by molar-refractivity contribution is -0.137. The fraction of sp³-hybridized carbons (Fsp3) is 0.429. The van der Waals surface area contributed by atoms with Crippen molar-refractivity contribution in [1.82, 2.24) is 0 Å². The molecule has 3 unspecified atom stereocenters. The predicted octanol–water partition coefficient (Wildman–Crippen LogP) is 4.99. The smallest absolute Gasteiger partial charge is 0.166 e. The van der Waals surface area contributed by atoms with Crippen molar-refractivity contribution in [1.29, 1.82) is 0 Å². The molecule has 98 valence electrons. The maximum atomic E-state index is 12.5. The summed E-state index contributed by atoms with van der Waals surface area (Å²) in [4.78, 5) is -0.425. The van der Waals surface area contributed by atoms with Gasteiger partial charge in [0.25, 0.3) is 0 Å². The van der Waals surface area contributed by atoms with Gasteiger partial charge in [0, 0.05) is 11.8 Å². The summed E-state index contributed by atoms with van der Waals surface area (Å²) in [5, 5.41) is 0. The second kappa shape index (κ2) is 4.02. The van der Waals surface area contributed by atoms with Crippen LogP contribution in [0.1, 0.15) is 30.9 Å². The molecule has 0 nitrogen and oxygen atoms in total. The van der Waals surface area contributed by atoms with Crippen LogP contribution in [0.2, 0.25) is 0 Å². The van der Waals surface area contributed by atoms with Gasteiger partial charge in [0.2, 0.25) is 0 Å². The van der Waals surface area contributed by atoms with Crippen molar-refractivity contribution in [2.45, 2.75) is 30.8 Å². The van der Waals surface area contributed by atoms with E-state index in [4.69, 9.17) is 11.6 Å². The second-order valence-corrected chi connectivity index (χ2v) is 5.89. The lowest BCUT2D eigenvalue weighted by Crippen LogP contribution is -2.04. The van der Waals surface area contributed by atoms with E-state index in [-0.39, 0.29) is 11.8 Å². The summed E-state index contributed by atoms with van der Waals surface area (Å²) in [6.07, 6.45) is -4.29. The lowest BCUT2D eigenvalue weighted by atomic mass is 10.0. The zero-order chi connectivity index (χ0) is 13.7. The van der Waals surface area contributed by atoms with Crippen molar-refractivity contribution >= 4 is 11.6 Å². The van der Waals surface area contributed by atoms with Crippen molar-refractivity contribution in [2.24, 2.45) is 5.92 Å². The average Bonchev–Trinajstić information content (AvgIpc) is 2.80. The summed E-state index contributed by atoms with van der Waals surface area (Å²) < 4.78 is 37.4. The van der Waals surface area contributed by atoms with E-state index >= 15 is 0 Å². The zero-order valence-electron chi connectivity index (χ0n) is 10.2. The first-order valence-electron chi connectivity index (χ1n) is 5.67. The Morgan fingerprint density at radius 1 is 1.28 bits per heavy atom. The van der Waals surface area contributed by atoms with Crippen molar-refractivity contribution < 1.29 is 13.2 Å². The maximum Gasteiger partial charge on any atom is 0.416 e. The molecule has 0 aromatic heterocycles. The van der Waals surface area contributed by atoms with Gasteiger partial charge in [0.15, 0.2) is 0 Å². The third-order valence-electron chi connectivity index (χ3n) is 3.57. The van der Waals surface area contributed by atoms with E-state index in [1.54, 1.807) is 0 Å². The molecule has 0 amide bonds. The fourth-order valence-corrected chi connectivity index (χ4v) is 3.15. The molecule has 0 spiro atoms. The predicted molar refractivity (Wildman–Crippen MR) is 66.7 cm³/mol. The van der Waals surface area contributed by atoms with Gasteiger partial charge in [0.1, 0.15) is 0 Å². The number of halogens is 4. The van der Waals surface area contributed by atoms with Gasteiger partial charge in [-0.2, -0.15) is 13.2 Å². The highest BCUT2D eigenvalue weighted by atomic mass is 35.5. The highest BCUT2D eigenvalue weighted by Crippen LogP contribution is 2.64. The monoisotopic (exact) mass is 274 g/mol. The Hall–Kier alpha value is -0.960. The first-order valence-corrected chi connectivity index (χ1v) is 6.05. The van der Waals surface area contributed by atoms with Crippen LogP contribution in [0.4, 0.5) is 13.2 Å². The normalized spacial score (nSPS) is 31.2. The minimum Gasteiger partial charge on any atom is -0.166 e. The Bertz CT molecular complexity index is 471. The summed E-state index contributed by atoms with van der Waals surface area (Å²) in [6, 6.07) is 5.24. The summed E-state index contributed by atoms with van der Waals surface area (Å²) in [6.45, 7) is 7.68. The van der Waals surface area contributed by atoms with Crippen molar-refractivity contribution in [3.63, 3.8) is 0 Å². The second-order valence-electron chi connectivity index (χ2n) is 5.07. The van der Waals surface area contributed by atoms with Gasteiger partial charge >= 0.3 is 6.18 Å². The molecule has 4 heteroatoms. The molecule has 1 aliphatic carbocycles. The number of hydrogen-bond acceptors (Lipinski definition) is 0. The topological polar surface area (TPSA) is 0 Å². The summed E-state index contributed by atoms with van der Waals surface area (Å²) >= 11 is 6.35. The van der Waals surface area contributed by atoms with Crippen LogP contribution < -0.4 is 0 Å². The molecule has 0 aliphatic heterocycles. The van der Waals surface area contributed by atoms with E-state index in [1.807, 2.05) is 13.8 Å². The molecule has 1 aromatic carbocycles. The quantitative estimate of drug-likeness (QED) is 0.526. The molecule has 0 N–H and O–H groups in total. The Kier molecular flexibility index (Phi) is 3.01. The van der Waals surface area contributed by atoms with E-state index in [2.05, 4.69) is 6.58 Å². The number of alkyl halides is 4. The molecular formula is C14H14ClF3. The molecule has 0 bridgehead atoms. The van der Waals surface area contributed by atoms with E-state index in [9.17, 15) is 13.2 Å². The first-order chi connectivity index (χ1) is 8.15. The Balaban J connectivity index is 2.25. The summed E-state index contributed by atoms with van der Waals surface area (Å²) in [5.41, 5.74) is 1.18. The number of benzene rings is 1. The highest BCUT2D eigenvalue weighted by molar-refractivity contribution is 6.27. The molecule has 3 atom stereocenters. The van der Waals surface area contributed by atoms with Gasteiger partial charge in [0.05, 0.1) is 10.4 Å². The van der Waals surface area contributed by atoms with Crippen molar-refractivity contribution in [3.05, 3.63) is 47.5 Å². The van der Waals surface area contributed by atoms with E-state index in [0.717, 1.165) is 23.3 Å². The van der Waals surface area contributed by atoms with E-state index in [0.29, 0.717) is 0 Å². The van der Waals surface area contributed by atoms with Crippen LogP contribution in [-0.4, -0.2) is 4.87 Å². The molecule has 0 radical (unpaired) electrons. The van der Waals surface area contributed by atoms with E-state index < -0.39 is 16.6 Å². The summed E-state index contributed by atoms with van der Waals surface area (Å²) in [7, 11) is 0. The van der Waals surface area contributed by atoms with Crippen LogP contribution in [0.15, 0.2) is 36.4 Å². The molecular weight excluding hydrogens is 261 g/mol. The van der Waals surface area contributed by atoms with Crippen LogP contribution in [0.25, 0.3) is 0 Å². The van der Waals surface area contributed by atoms with Gasteiger partial charge in [-0.05, 0) is 31.5 Å². The van der Waals surface area contributed by atoms with Crippen LogP contribution in [0, 0.1) is 5.92 Å². The largest absolute Gasteiger partial charge is 0.416 e. The van der Waals surface area contributed by atoms with Gasteiger partial charge in [-0.15, -0.1) is 11.6 Å². The van der Waals surface area contributed by atoms with Gasteiger partial charge < -0.3 is 0 Å². The lowest BCUT2D eigenvalue weighted by Gasteiger charge is -2.07. The van der Waals surface area contributed by atoms with Crippen LogP contribution in [-0.2, 0) is 6.18 Å². The Labute approximate surface area is 109 Å². The number of rotatable bonds is 2. The maximum absolute atomic E-state index is 12.5. The van der Waals surface area contributed by atoms with Crippen molar-refractivity contribution in [2.75, 3.05) is 0 Å². The minimum atomic E-state index is -4.29. The first kappa shape index (κ1) is 13.5. The van der Waals surface area contributed by atoms with Crippen LogP contribution >= 0.6 is 11.6 Å². The molecule has 18 heavy (non-hydrogen) atoms. The van der Waals surface area contributed by atoms with Crippen LogP contribution in [0.3, 0.4) is 0 Å². The molecule has 1 saturated carbocycles. The molecule has 0 heterocycles. The average molecular weight is 275 g/mol. The molecule has 1 aliphatic rings.